The van der Waals surface area contributed by atoms with Crippen LogP contribution in [0.25, 0.3) is 0 Å². The van der Waals surface area contributed by atoms with Crippen molar-refractivity contribution in [2.24, 2.45) is 0 Å². The standard InChI is InChI=1S/C12H17FO2/c1-2-3-7-11(14)12(15)9-5-4-6-10(13)8-9/h4-6,8,11-12,14-15H,2-3,7H2,1H3/t11?,12-/m1/s1. The largest absolute Gasteiger partial charge is 0.390 e. The number of halogens is 1. The minimum atomic E-state index is -0.993. The Hall–Kier alpha value is -0.930. The molecule has 0 bridgehead atoms. The molecule has 2 atom stereocenters. The van der Waals surface area contributed by atoms with Crippen LogP contribution in [0.4, 0.5) is 4.39 Å². The highest BCUT2D eigenvalue weighted by Gasteiger charge is 2.17. The monoisotopic (exact) mass is 212 g/mol. The molecule has 0 aliphatic rings. The molecule has 3 heteroatoms. The van der Waals surface area contributed by atoms with E-state index in [1.807, 2.05) is 6.92 Å². The summed E-state index contributed by atoms with van der Waals surface area (Å²) in [6, 6.07) is 5.71. The second kappa shape index (κ2) is 5.83. The summed E-state index contributed by atoms with van der Waals surface area (Å²) in [5.74, 6) is -0.394. The van der Waals surface area contributed by atoms with E-state index in [0.29, 0.717) is 12.0 Å². The minimum absolute atomic E-state index is 0.394. The summed E-state index contributed by atoms with van der Waals surface area (Å²) in [4.78, 5) is 0. The molecule has 0 aliphatic carbocycles. The summed E-state index contributed by atoms with van der Waals surface area (Å²) >= 11 is 0. The third kappa shape index (κ3) is 3.61. The molecule has 0 spiro atoms. The Morgan fingerprint density at radius 3 is 2.67 bits per heavy atom. The van der Waals surface area contributed by atoms with E-state index in [0.717, 1.165) is 12.8 Å². The van der Waals surface area contributed by atoms with Gasteiger partial charge in [0.25, 0.3) is 0 Å². The second-order valence-electron chi connectivity index (χ2n) is 3.71. The Kier molecular flexibility index (Phi) is 4.72. The van der Waals surface area contributed by atoms with E-state index in [1.165, 1.54) is 18.2 Å². The molecule has 1 unspecified atom stereocenters. The molecule has 2 N–H and O–H groups in total. The van der Waals surface area contributed by atoms with E-state index in [4.69, 9.17) is 0 Å². The van der Waals surface area contributed by atoms with Crippen molar-refractivity contribution in [2.75, 3.05) is 0 Å². The van der Waals surface area contributed by atoms with Crippen LogP contribution < -0.4 is 0 Å². The van der Waals surface area contributed by atoms with E-state index < -0.39 is 18.0 Å². The van der Waals surface area contributed by atoms with Crippen LogP contribution in [0.1, 0.15) is 37.9 Å². The molecule has 0 fully saturated rings. The van der Waals surface area contributed by atoms with Crippen molar-refractivity contribution in [3.05, 3.63) is 35.6 Å². The predicted octanol–water partition coefficient (Wildman–Crippen LogP) is 2.41. The van der Waals surface area contributed by atoms with Gasteiger partial charge in [-0.2, -0.15) is 0 Å². The molecular formula is C12H17FO2. The van der Waals surface area contributed by atoms with Crippen LogP contribution in [-0.4, -0.2) is 16.3 Å². The lowest BCUT2D eigenvalue weighted by atomic mass is 10.0. The summed E-state index contributed by atoms with van der Waals surface area (Å²) < 4.78 is 12.9. The fourth-order valence-corrected chi connectivity index (χ4v) is 1.48. The molecule has 1 aromatic rings. The predicted molar refractivity (Wildman–Crippen MR) is 56.9 cm³/mol. The molecule has 0 radical (unpaired) electrons. The molecule has 0 aliphatic heterocycles. The lowest BCUT2D eigenvalue weighted by Crippen LogP contribution is -2.18. The maximum absolute atomic E-state index is 12.9. The van der Waals surface area contributed by atoms with Gasteiger partial charge in [0.1, 0.15) is 11.9 Å². The molecule has 15 heavy (non-hydrogen) atoms. The zero-order valence-corrected chi connectivity index (χ0v) is 8.86. The molecule has 84 valence electrons. The zero-order valence-electron chi connectivity index (χ0n) is 8.86. The van der Waals surface area contributed by atoms with E-state index in [1.54, 1.807) is 6.07 Å². The van der Waals surface area contributed by atoms with Crippen molar-refractivity contribution in [3.63, 3.8) is 0 Å². The molecule has 0 heterocycles. The first-order chi connectivity index (χ1) is 7.15. The first-order valence-electron chi connectivity index (χ1n) is 5.26. The summed E-state index contributed by atoms with van der Waals surface area (Å²) in [5, 5.41) is 19.3. The Morgan fingerprint density at radius 2 is 2.07 bits per heavy atom. The topological polar surface area (TPSA) is 40.5 Å². The number of aliphatic hydroxyl groups excluding tert-OH is 2. The number of hydrogen-bond donors (Lipinski definition) is 2. The van der Waals surface area contributed by atoms with Gasteiger partial charge in [-0.3, -0.25) is 0 Å². The number of aliphatic hydroxyl groups is 2. The fourth-order valence-electron chi connectivity index (χ4n) is 1.48. The SMILES string of the molecule is CCCCC(O)[C@H](O)c1cccc(F)c1. The van der Waals surface area contributed by atoms with Crippen LogP contribution in [-0.2, 0) is 0 Å². The Labute approximate surface area is 89.4 Å². The van der Waals surface area contributed by atoms with Crippen LogP contribution in [0.3, 0.4) is 0 Å². The fraction of sp³-hybridized carbons (Fsp3) is 0.500. The van der Waals surface area contributed by atoms with Gasteiger partial charge in [-0.15, -0.1) is 0 Å². The smallest absolute Gasteiger partial charge is 0.123 e. The first-order valence-corrected chi connectivity index (χ1v) is 5.26. The van der Waals surface area contributed by atoms with E-state index in [9.17, 15) is 14.6 Å². The summed E-state index contributed by atoms with van der Waals surface area (Å²) in [6.45, 7) is 2.02. The van der Waals surface area contributed by atoms with Gasteiger partial charge in [0, 0.05) is 0 Å². The lowest BCUT2D eigenvalue weighted by Gasteiger charge is -2.17. The highest BCUT2D eigenvalue weighted by Crippen LogP contribution is 2.20. The van der Waals surface area contributed by atoms with Crippen molar-refractivity contribution >= 4 is 0 Å². The van der Waals surface area contributed by atoms with Gasteiger partial charge in [-0.05, 0) is 24.1 Å². The van der Waals surface area contributed by atoms with Gasteiger partial charge >= 0.3 is 0 Å². The Morgan fingerprint density at radius 1 is 1.33 bits per heavy atom. The zero-order chi connectivity index (χ0) is 11.3. The summed E-state index contributed by atoms with van der Waals surface area (Å²) in [5.41, 5.74) is 0.429. The molecule has 2 nitrogen and oxygen atoms in total. The van der Waals surface area contributed by atoms with Crippen LogP contribution in [0.5, 0.6) is 0 Å². The second-order valence-corrected chi connectivity index (χ2v) is 3.71. The number of benzene rings is 1. The highest BCUT2D eigenvalue weighted by molar-refractivity contribution is 5.19. The van der Waals surface area contributed by atoms with Crippen LogP contribution in [0.2, 0.25) is 0 Å². The Bertz CT molecular complexity index is 301. The first kappa shape index (κ1) is 12.1. The average molecular weight is 212 g/mol. The summed E-state index contributed by atoms with van der Waals surface area (Å²) in [6.07, 6.45) is 0.549. The lowest BCUT2D eigenvalue weighted by molar-refractivity contribution is 0.0121. The third-order valence-corrected chi connectivity index (χ3v) is 2.41. The molecule has 0 aromatic heterocycles. The molecular weight excluding hydrogens is 195 g/mol. The molecule has 0 saturated heterocycles. The molecule has 1 aromatic carbocycles. The minimum Gasteiger partial charge on any atom is -0.390 e. The van der Waals surface area contributed by atoms with Gasteiger partial charge in [-0.25, -0.2) is 4.39 Å². The Balaban J connectivity index is 2.62. The van der Waals surface area contributed by atoms with Crippen molar-refractivity contribution in [1.29, 1.82) is 0 Å². The maximum atomic E-state index is 12.9. The molecule has 0 amide bonds. The van der Waals surface area contributed by atoms with Crippen molar-refractivity contribution < 1.29 is 14.6 Å². The van der Waals surface area contributed by atoms with Crippen molar-refractivity contribution in [1.82, 2.24) is 0 Å². The van der Waals surface area contributed by atoms with E-state index in [-0.39, 0.29) is 0 Å². The van der Waals surface area contributed by atoms with Crippen LogP contribution in [0.15, 0.2) is 24.3 Å². The summed E-state index contributed by atoms with van der Waals surface area (Å²) in [7, 11) is 0. The van der Waals surface area contributed by atoms with E-state index >= 15 is 0 Å². The van der Waals surface area contributed by atoms with Crippen molar-refractivity contribution in [3.8, 4) is 0 Å². The van der Waals surface area contributed by atoms with Gasteiger partial charge in [0.15, 0.2) is 0 Å². The van der Waals surface area contributed by atoms with Gasteiger partial charge in [0.2, 0.25) is 0 Å². The number of unbranched alkanes of at least 4 members (excludes halogenated alkanes) is 1. The van der Waals surface area contributed by atoms with Gasteiger partial charge in [0.05, 0.1) is 6.10 Å². The number of hydrogen-bond acceptors (Lipinski definition) is 2. The highest BCUT2D eigenvalue weighted by atomic mass is 19.1. The van der Waals surface area contributed by atoms with Gasteiger partial charge in [-0.1, -0.05) is 31.9 Å². The van der Waals surface area contributed by atoms with E-state index in [2.05, 4.69) is 0 Å². The van der Waals surface area contributed by atoms with Crippen LogP contribution in [0, 0.1) is 5.82 Å². The number of rotatable bonds is 5. The molecule has 0 saturated carbocycles. The normalized spacial score (nSPS) is 14.9. The molecule has 1 rings (SSSR count). The van der Waals surface area contributed by atoms with Gasteiger partial charge < -0.3 is 10.2 Å². The van der Waals surface area contributed by atoms with Crippen LogP contribution >= 0.6 is 0 Å². The maximum Gasteiger partial charge on any atom is 0.123 e. The third-order valence-electron chi connectivity index (χ3n) is 2.41. The van der Waals surface area contributed by atoms with Crippen molar-refractivity contribution in [2.45, 2.75) is 38.4 Å². The quantitative estimate of drug-likeness (QED) is 0.786. The average Bonchev–Trinajstić information content (AvgIpc) is 2.24.